The van der Waals surface area contributed by atoms with E-state index in [2.05, 4.69) is 27.8 Å². The monoisotopic (exact) mass is 283 g/mol. The summed E-state index contributed by atoms with van der Waals surface area (Å²) in [5.74, 6) is 0. The zero-order valence-corrected chi connectivity index (χ0v) is 10.3. The minimum Gasteiger partial charge on any atom is -0.236 e. The molecular formula is C7H4F3N3S3. The Morgan fingerprint density at radius 3 is 2.38 bits per heavy atom. The maximum absolute atomic E-state index is 12.6. The minimum absolute atomic E-state index is 0.00259. The Kier molecular flexibility index (Phi) is 2.93. The van der Waals surface area contributed by atoms with Crippen molar-refractivity contribution in [3.05, 3.63) is 10.7 Å². The van der Waals surface area contributed by atoms with Gasteiger partial charge in [-0.3, -0.25) is 0 Å². The van der Waals surface area contributed by atoms with Gasteiger partial charge in [0.05, 0.1) is 9.88 Å². The third-order valence-electron chi connectivity index (χ3n) is 1.61. The summed E-state index contributed by atoms with van der Waals surface area (Å²) in [6.45, 7) is 1.52. The smallest absolute Gasteiger partial charge is 0.236 e. The lowest BCUT2D eigenvalue weighted by Gasteiger charge is -2.03. The highest BCUT2D eigenvalue weighted by Crippen LogP contribution is 2.41. The maximum atomic E-state index is 12.6. The molecule has 0 spiro atoms. The Morgan fingerprint density at radius 1 is 1.19 bits per heavy atom. The number of hydrogen-bond acceptors (Lipinski definition) is 6. The van der Waals surface area contributed by atoms with Crippen molar-refractivity contribution in [1.82, 2.24) is 15.2 Å². The first-order valence-electron chi connectivity index (χ1n) is 3.95. The van der Waals surface area contributed by atoms with Gasteiger partial charge in [0, 0.05) is 0 Å². The number of nitrogens with zero attached hydrogens (tertiary/aromatic N) is 3. The predicted octanol–water partition coefficient (Wildman–Crippen LogP) is 3.28. The molecular weight excluding hydrogens is 279 g/mol. The Bertz CT molecular complexity index is 516. The Hall–Kier alpha value is -0.670. The van der Waals surface area contributed by atoms with Crippen LogP contribution in [0.15, 0.2) is 4.34 Å². The number of alkyl halides is 3. The molecule has 86 valence electrons. The van der Waals surface area contributed by atoms with Gasteiger partial charge in [-0.15, -0.1) is 34.2 Å². The summed E-state index contributed by atoms with van der Waals surface area (Å²) in [5, 5.41) is 7.75. The number of thiazole rings is 1. The van der Waals surface area contributed by atoms with Gasteiger partial charge in [0.25, 0.3) is 0 Å². The van der Waals surface area contributed by atoms with Crippen molar-refractivity contribution < 1.29 is 13.2 Å². The van der Waals surface area contributed by atoms with Crippen LogP contribution in [-0.2, 0) is 6.18 Å². The molecule has 2 heterocycles. The van der Waals surface area contributed by atoms with Gasteiger partial charge in [-0.05, 0) is 6.92 Å². The van der Waals surface area contributed by atoms with Crippen LogP contribution in [0.1, 0.15) is 10.7 Å². The molecule has 0 unspecified atom stereocenters. The number of aryl methyl sites for hydroxylation is 1. The molecule has 3 nitrogen and oxygen atoms in total. The molecule has 0 saturated heterocycles. The lowest BCUT2D eigenvalue weighted by molar-refractivity contribution is -0.140. The summed E-state index contributed by atoms with van der Waals surface area (Å²) in [7, 11) is 0. The van der Waals surface area contributed by atoms with Gasteiger partial charge >= 0.3 is 6.18 Å². The van der Waals surface area contributed by atoms with E-state index in [0.717, 1.165) is 22.7 Å². The van der Waals surface area contributed by atoms with Crippen LogP contribution in [0.5, 0.6) is 0 Å². The van der Waals surface area contributed by atoms with E-state index in [4.69, 9.17) is 0 Å². The van der Waals surface area contributed by atoms with E-state index in [-0.39, 0.29) is 9.88 Å². The van der Waals surface area contributed by atoms with Crippen molar-refractivity contribution in [3.63, 3.8) is 0 Å². The first-order valence-corrected chi connectivity index (χ1v) is 6.03. The quantitative estimate of drug-likeness (QED) is 0.816. The molecule has 0 aliphatic carbocycles. The summed E-state index contributed by atoms with van der Waals surface area (Å²) in [6.07, 6.45) is -4.47. The summed E-state index contributed by atoms with van der Waals surface area (Å²) in [6, 6.07) is 0. The van der Waals surface area contributed by atoms with Gasteiger partial charge in [0.2, 0.25) is 0 Å². The topological polar surface area (TPSA) is 38.7 Å². The highest BCUT2D eigenvalue weighted by molar-refractivity contribution is 7.82. The largest absolute Gasteiger partial charge is 0.434 e. The molecule has 0 atom stereocenters. The lowest BCUT2D eigenvalue weighted by atomic mass is 10.3. The molecule has 16 heavy (non-hydrogen) atoms. The predicted molar refractivity (Wildman–Crippen MR) is 58.0 cm³/mol. The summed E-state index contributed by atoms with van der Waals surface area (Å²) < 4.78 is 38.2. The molecule has 0 aliphatic rings. The molecule has 0 aliphatic heterocycles. The Balaban J connectivity index is 2.57. The molecule has 2 aromatic heterocycles. The summed E-state index contributed by atoms with van der Waals surface area (Å²) in [4.78, 5) is 3.48. The molecule has 0 amide bonds. The van der Waals surface area contributed by atoms with Crippen LogP contribution in [0.3, 0.4) is 0 Å². The van der Waals surface area contributed by atoms with E-state index in [1.54, 1.807) is 0 Å². The second kappa shape index (κ2) is 3.97. The van der Waals surface area contributed by atoms with E-state index >= 15 is 0 Å². The fraction of sp³-hybridized carbons (Fsp3) is 0.286. The zero-order valence-electron chi connectivity index (χ0n) is 7.74. The average Bonchev–Trinajstić information content (AvgIpc) is 2.70. The van der Waals surface area contributed by atoms with Crippen LogP contribution in [0.25, 0.3) is 9.88 Å². The van der Waals surface area contributed by atoms with Crippen LogP contribution in [-0.4, -0.2) is 15.2 Å². The number of halogens is 3. The first kappa shape index (κ1) is 11.8. The number of thiol groups is 1. The fourth-order valence-corrected chi connectivity index (χ4v) is 2.97. The number of aromatic nitrogens is 3. The second-order valence-electron chi connectivity index (χ2n) is 2.80. The van der Waals surface area contributed by atoms with Crippen molar-refractivity contribution in [1.29, 1.82) is 0 Å². The van der Waals surface area contributed by atoms with Crippen molar-refractivity contribution >= 4 is 35.3 Å². The van der Waals surface area contributed by atoms with Crippen molar-refractivity contribution in [2.45, 2.75) is 17.4 Å². The van der Waals surface area contributed by atoms with Gasteiger partial charge in [-0.1, -0.05) is 11.3 Å². The van der Waals surface area contributed by atoms with E-state index in [9.17, 15) is 13.2 Å². The molecule has 0 radical (unpaired) electrons. The molecule has 0 bridgehead atoms. The second-order valence-corrected chi connectivity index (χ2v) is 5.71. The first-order chi connectivity index (χ1) is 7.38. The molecule has 0 saturated carbocycles. The minimum atomic E-state index is -4.47. The highest BCUT2D eigenvalue weighted by Gasteiger charge is 2.38. The van der Waals surface area contributed by atoms with Crippen LogP contribution in [0.4, 0.5) is 13.2 Å². The van der Waals surface area contributed by atoms with E-state index in [1.807, 2.05) is 0 Å². The van der Waals surface area contributed by atoms with Gasteiger partial charge in [-0.2, -0.15) is 13.2 Å². The van der Waals surface area contributed by atoms with Gasteiger partial charge in [-0.25, -0.2) is 4.98 Å². The normalized spacial score (nSPS) is 12.1. The molecule has 0 N–H and O–H groups in total. The Labute approximate surface area is 102 Å². The number of rotatable bonds is 1. The average molecular weight is 283 g/mol. The highest BCUT2D eigenvalue weighted by atomic mass is 32.2. The van der Waals surface area contributed by atoms with Crippen LogP contribution in [0, 0.1) is 6.92 Å². The van der Waals surface area contributed by atoms with Crippen molar-refractivity contribution in [2.24, 2.45) is 0 Å². The molecule has 0 fully saturated rings. The zero-order chi connectivity index (χ0) is 11.9. The van der Waals surface area contributed by atoms with Gasteiger partial charge < -0.3 is 0 Å². The summed E-state index contributed by atoms with van der Waals surface area (Å²) in [5.41, 5.74) is -0.903. The molecule has 2 rings (SSSR count). The third kappa shape index (κ3) is 2.20. The molecule has 2 aromatic rings. The van der Waals surface area contributed by atoms with E-state index < -0.39 is 11.9 Å². The Morgan fingerprint density at radius 2 is 1.88 bits per heavy atom. The maximum Gasteiger partial charge on any atom is 0.434 e. The van der Waals surface area contributed by atoms with Crippen molar-refractivity contribution in [3.8, 4) is 9.88 Å². The lowest BCUT2D eigenvalue weighted by Crippen LogP contribution is -2.07. The van der Waals surface area contributed by atoms with Crippen LogP contribution >= 0.6 is 35.3 Å². The fourth-order valence-electron chi connectivity index (χ4n) is 1.07. The third-order valence-corrected chi connectivity index (χ3v) is 3.82. The van der Waals surface area contributed by atoms with Crippen LogP contribution < -0.4 is 0 Å². The molecule has 9 heteroatoms. The summed E-state index contributed by atoms with van der Waals surface area (Å²) >= 11 is 5.86. The molecule has 0 aromatic carbocycles. The van der Waals surface area contributed by atoms with Gasteiger partial charge in [0.15, 0.2) is 15.0 Å². The standard InChI is InChI=1S/C7H4F3N3S3/c1-2-11-4(7(8,9)10)3(15-2)5-12-13-6(14)16-5/h1H3,(H,13,14). The van der Waals surface area contributed by atoms with Crippen LogP contribution in [0.2, 0.25) is 0 Å². The SMILES string of the molecule is Cc1nc(C(F)(F)F)c(-c2nnc(S)s2)s1. The van der Waals surface area contributed by atoms with Crippen molar-refractivity contribution in [2.75, 3.05) is 0 Å². The number of hydrogen-bond donors (Lipinski definition) is 1. The van der Waals surface area contributed by atoms with E-state index in [0.29, 0.717) is 9.35 Å². The van der Waals surface area contributed by atoms with Gasteiger partial charge in [0.1, 0.15) is 0 Å². The van der Waals surface area contributed by atoms with E-state index in [1.165, 1.54) is 6.92 Å².